The van der Waals surface area contributed by atoms with E-state index in [1.165, 1.54) is 22.9 Å². The van der Waals surface area contributed by atoms with Crippen molar-refractivity contribution in [2.24, 2.45) is 0 Å². The Hall–Kier alpha value is -6.40. The fraction of sp³-hybridized carbons (Fsp3) is 0.182. The molecular formula is C44H36N2O9. The van der Waals surface area contributed by atoms with Crippen LogP contribution < -0.4 is 20.7 Å². The van der Waals surface area contributed by atoms with Crippen molar-refractivity contribution in [3.05, 3.63) is 187 Å². The lowest BCUT2D eigenvalue weighted by Crippen LogP contribution is -2.38. The summed E-state index contributed by atoms with van der Waals surface area (Å²) in [5.74, 6) is 0.721. The molecule has 8 rings (SSSR count). The van der Waals surface area contributed by atoms with Crippen LogP contribution in [0.1, 0.15) is 61.2 Å². The van der Waals surface area contributed by atoms with Gasteiger partial charge in [-0.25, -0.2) is 4.79 Å². The molecule has 6 aromatic rings. The first-order valence-corrected chi connectivity index (χ1v) is 17.7. The van der Waals surface area contributed by atoms with Crippen LogP contribution in [0.4, 0.5) is 0 Å². The number of aliphatic hydroxyl groups is 1. The standard InChI is InChI=1S/C44H36N2O9/c1-52-30-17-13-28(14-18-30)44(27-8-4-3-5-9-27,29-15-19-31(53-2)20-16-29)54-25-38-37(47)23-39(55-38)46-24-36(42(50)45-43(46)51)26-12-21-34-35(22-26)41(49)33-11-7-6-10-32(33)40(34)48/h3-22,24,37-39,47H,23,25H2,1-2H3,(H,45,50,51)/t37-,38+,39+/m0/s1. The number of benzene rings is 5. The molecule has 0 spiro atoms. The number of aliphatic hydroxyl groups excluding tert-OH is 1. The van der Waals surface area contributed by atoms with Crippen LogP contribution in [0.2, 0.25) is 0 Å². The third-order valence-electron chi connectivity index (χ3n) is 10.4. The van der Waals surface area contributed by atoms with Gasteiger partial charge in [0.25, 0.3) is 5.56 Å². The smallest absolute Gasteiger partial charge is 0.330 e. The summed E-state index contributed by atoms with van der Waals surface area (Å²) in [4.78, 5) is 55.4. The Balaban J connectivity index is 1.11. The average molecular weight is 737 g/mol. The number of hydrogen-bond acceptors (Lipinski definition) is 9. The maximum Gasteiger partial charge on any atom is 0.330 e. The summed E-state index contributed by atoms with van der Waals surface area (Å²) in [5.41, 5.74) is 1.25. The molecule has 11 heteroatoms. The highest BCUT2D eigenvalue weighted by Crippen LogP contribution is 2.43. The predicted octanol–water partition coefficient (Wildman–Crippen LogP) is 5.65. The molecule has 5 aromatic carbocycles. The molecule has 0 amide bonds. The summed E-state index contributed by atoms with van der Waals surface area (Å²) in [6.07, 6.45) is -1.50. The van der Waals surface area contributed by atoms with Gasteiger partial charge in [-0.15, -0.1) is 0 Å². The second-order valence-electron chi connectivity index (χ2n) is 13.4. The maximum atomic E-state index is 13.4. The van der Waals surface area contributed by atoms with E-state index in [0.29, 0.717) is 22.6 Å². The van der Waals surface area contributed by atoms with Crippen molar-refractivity contribution in [1.29, 1.82) is 0 Å². The summed E-state index contributed by atoms with van der Waals surface area (Å²) < 4.78 is 25.4. The number of hydrogen-bond donors (Lipinski definition) is 2. The van der Waals surface area contributed by atoms with Crippen molar-refractivity contribution in [3.8, 4) is 22.6 Å². The second-order valence-corrected chi connectivity index (χ2v) is 13.4. The fourth-order valence-electron chi connectivity index (χ4n) is 7.49. The van der Waals surface area contributed by atoms with Gasteiger partial charge in [-0.2, -0.15) is 0 Å². The average Bonchev–Trinajstić information content (AvgIpc) is 3.60. The number of aromatic amines is 1. The maximum absolute atomic E-state index is 13.4. The van der Waals surface area contributed by atoms with E-state index in [1.54, 1.807) is 44.6 Å². The molecule has 1 aliphatic carbocycles. The lowest BCUT2D eigenvalue weighted by atomic mass is 9.80. The molecule has 55 heavy (non-hydrogen) atoms. The van der Waals surface area contributed by atoms with Gasteiger partial charge in [0.2, 0.25) is 0 Å². The van der Waals surface area contributed by atoms with Crippen LogP contribution in [0.3, 0.4) is 0 Å². The minimum atomic E-state index is -1.17. The van der Waals surface area contributed by atoms with Gasteiger partial charge < -0.3 is 24.1 Å². The zero-order valence-electron chi connectivity index (χ0n) is 29.9. The van der Waals surface area contributed by atoms with Crippen LogP contribution in [-0.2, 0) is 15.1 Å². The molecule has 0 bridgehead atoms. The van der Waals surface area contributed by atoms with Gasteiger partial charge in [-0.05, 0) is 58.7 Å². The molecule has 1 fully saturated rings. The van der Waals surface area contributed by atoms with E-state index in [9.17, 15) is 24.3 Å². The Bertz CT molecular complexity index is 2480. The van der Waals surface area contributed by atoms with Crippen molar-refractivity contribution in [3.63, 3.8) is 0 Å². The molecular weight excluding hydrogens is 700 g/mol. The first-order valence-electron chi connectivity index (χ1n) is 17.7. The summed E-state index contributed by atoms with van der Waals surface area (Å²) in [6.45, 7) is -0.0853. The second kappa shape index (κ2) is 14.4. The third kappa shape index (κ3) is 6.27. The minimum absolute atomic E-state index is 0.0246. The van der Waals surface area contributed by atoms with E-state index < -0.39 is 35.3 Å². The van der Waals surface area contributed by atoms with E-state index in [2.05, 4.69) is 4.98 Å². The number of fused-ring (bicyclic) bond motifs is 2. The van der Waals surface area contributed by atoms with Crippen LogP contribution in [-0.4, -0.2) is 59.3 Å². The molecule has 2 heterocycles. The van der Waals surface area contributed by atoms with Gasteiger partial charge in [0.05, 0.1) is 32.5 Å². The molecule has 1 aliphatic heterocycles. The number of nitrogens with zero attached hydrogens (tertiary/aromatic N) is 1. The highest BCUT2D eigenvalue weighted by atomic mass is 16.6. The molecule has 2 aliphatic rings. The predicted molar refractivity (Wildman–Crippen MR) is 203 cm³/mol. The number of ether oxygens (including phenoxy) is 4. The van der Waals surface area contributed by atoms with Gasteiger partial charge in [-0.1, -0.05) is 84.9 Å². The quantitative estimate of drug-likeness (QED) is 0.170. The van der Waals surface area contributed by atoms with Crippen molar-refractivity contribution >= 4 is 11.6 Å². The Morgan fingerprint density at radius 1 is 0.691 bits per heavy atom. The number of aromatic nitrogens is 2. The Morgan fingerprint density at radius 2 is 1.24 bits per heavy atom. The van der Waals surface area contributed by atoms with E-state index in [0.717, 1.165) is 16.7 Å². The van der Waals surface area contributed by atoms with Crippen molar-refractivity contribution in [2.45, 2.75) is 30.5 Å². The fourth-order valence-corrected chi connectivity index (χ4v) is 7.49. The zero-order valence-corrected chi connectivity index (χ0v) is 29.9. The number of carbonyl (C=O) groups excluding carboxylic acids is 2. The Kier molecular flexibility index (Phi) is 9.35. The van der Waals surface area contributed by atoms with Crippen molar-refractivity contribution in [1.82, 2.24) is 9.55 Å². The van der Waals surface area contributed by atoms with Crippen LogP contribution in [0.5, 0.6) is 11.5 Å². The topological polar surface area (TPSA) is 146 Å². The van der Waals surface area contributed by atoms with Crippen LogP contribution in [0.25, 0.3) is 11.1 Å². The Labute approximate surface area is 315 Å². The number of rotatable bonds is 10. The number of H-pyrrole nitrogens is 1. The first kappa shape index (κ1) is 35.6. The summed E-state index contributed by atoms with van der Waals surface area (Å²) in [7, 11) is 3.20. The Morgan fingerprint density at radius 3 is 1.84 bits per heavy atom. The van der Waals surface area contributed by atoms with Gasteiger partial charge in [-0.3, -0.25) is 23.9 Å². The lowest BCUT2D eigenvalue weighted by molar-refractivity contribution is -0.0944. The normalized spacial score (nSPS) is 17.8. The zero-order chi connectivity index (χ0) is 38.3. The van der Waals surface area contributed by atoms with Gasteiger partial charge >= 0.3 is 5.69 Å². The van der Waals surface area contributed by atoms with E-state index in [1.807, 2.05) is 78.9 Å². The van der Waals surface area contributed by atoms with E-state index in [-0.39, 0.29) is 46.8 Å². The number of ketones is 2. The highest BCUT2D eigenvalue weighted by molar-refractivity contribution is 6.28. The number of nitrogens with one attached hydrogen (secondary N) is 1. The summed E-state index contributed by atoms with van der Waals surface area (Å²) >= 11 is 0. The van der Waals surface area contributed by atoms with E-state index in [4.69, 9.17) is 18.9 Å². The van der Waals surface area contributed by atoms with Gasteiger partial charge in [0.15, 0.2) is 11.6 Å². The molecule has 0 saturated carbocycles. The summed E-state index contributed by atoms with van der Waals surface area (Å²) in [5, 5.41) is 11.4. The number of carbonyl (C=O) groups is 2. The summed E-state index contributed by atoms with van der Waals surface area (Å²) in [6, 6.07) is 36.0. The molecule has 0 radical (unpaired) electrons. The lowest BCUT2D eigenvalue weighted by Gasteiger charge is -2.37. The molecule has 1 saturated heterocycles. The van der Waals surface area contributed by atoms with Crippen LogP contribution in [0.15, 0.2) is 137 Å². The van der Waals surface area contributed by atoms with Gasteiger partial charge in [0.1, 0.15) is 29.4 Å². The minimum Gasteiger partial charge on any atom is -0.497 e. The number of methoxy groups -OCH3 is 2. The van der Waals surface area contributed by atoms with E-state index >= 15 is 0 Å². The SMILES string of the molecule is COc1ccc(C(OC[C@H]2O[C@@H](n3cc(-c4ccc5c(c4)C(=O)c4ccccc4C5=O)c(=O)[nH]c3=O)C[C@@H]2O)(c2ccccc2)c2ccc(OC)cc2)cc1. The molecule has 11 nitrogen and oxygen atoms in total. The van der Waals surface area contributed by atoms with Gasteiger partial charge in [0, 0.05) is 34.9 Å². The molecule has 1 aromatic heterocycles. The first-order chi connectivity index (χ1) is 26.7. The highest BCUT2D eigenvalue weighted by Gasteiger charge is 2.42. The molecule has 3 atom stereocenters. The van der Waals surface area contributed by atoms with Crippen LogP contribution >= 0.6 is 0 Å². The monoisotopic (exact) mass is 736 g/mol. The largest absolute Gasteiger partial charge is 0.497 e. The van der Waals surface area contributed by atoms with Crippen molar-refractivity contribution < 1.29 is 33.6 Å². The molecule has 276 valence electrons. The molecule has 2 N–H and O–H groups in total. The third-order valence-corrected chi connectivity index (χ3v) is 10.4. The van der Waals surface area contributed by atoms with Crippen LogP contribution in [0, 0.1) is 0 Å². The van der Waals surface area contributed by atoms with Crippen molar-refractivity contribution in [2.75, 3.05) is 20.8 Å². The molecule has 0 unspecified atom stereocenters.